The van der Waals surface area contributed by atoms with Crippen molar-refractivity contribution in [3.63, 3.8) is 0 Å². The molecule has 0 saturated carbocycles. The van der Waals surface area contributed by atoms with E-state index in [0.717, 1.165) is 35.9 Å². The first-order valence-corrected chi connectivity index (χ1v) is 9.37. The van der Waals surface area contributed by atoms with Crippen LogP contribution in [0.2, 0.25) is 0 Å². The fourth-order valence-corrected chi connectivity index (χ4v) is 3.96. The summed E-state index contributed by atoms with van der Waals surface area (Å²) in [5.41, 5.74) is 0.848. The molecule has 0 unspecified atom stereocenters. The summed E-state index contributed by atoms with van der Waals surface area (Å²) in [6.07, 6.45) is 3.78. The largest absolute Gasteiger partial charge is 0.377 e. The number of hydrogen-bond donors (Lipinski definition) is 0. The summed E-state index contributed by atoms with van der Waals surface area (Å²) in [4.78, 5) is 17.6. The molecule has 0 aliphatic carbocycles. The van der Waals surface area contributed by atoms with E-state index in [2.05, 4.69) is 13.8 Å². The lowest BCUT2D eigenvalue weighted by molar-refractivity contribution is 0.0315. The monoisotopic (exact) mass is 332 g/mol. The second-order valence-corrected chi connectivity index (χ2v) is 7.51. The van der Waals surface area contributed by atoms with Crippen molar-refractivity contribution in [2.24, 2.45) is 5.92 Å². The normalized spacial score (nSPS) is 18.7. The Kier molecular flexibility index (Phi) is 5.38. The predicted octanol–water partition coefficient (Wildman–Crippen LogP) is 3.71. The van der Waals surface area contributed by atoms with E-state index >= 15 is 0 Å². The molecule has 4 nitrogen and oxygen atoms in total. The molecule has 1 aromatic carbocycles. The Balaban J connectivity index is 1.91. The molecule has 1 aliphatic rings. The van der Waals surface area contributed by atoms with Crippen LogP contribution < -0.4 is 5.56 Å². The van der Waals surface area contributed by atoms with Crippen molar-refractivity contribution in [3.8, 4) is 0 Å². The van der Waals surface area contributed by atoms with Gasteiger partial charge in [-0.2, -0.15) is 0 Å². The molecule has 0 radical (unpaired) electrons. The Labute approximate surface area is 141 Å². The predicted molar refractivity (Wildman–Crippen MR) is 95.2 cm³/mol. The average molecular weight is 332 g/mol. The maximum atomic E-state index is 12.8. The molecular formula is C18H24N2O2S. The zero-order valence-corrected chi connectivity index (χ0v) is 14.6. The van der Waals surface area contributed by atoms with Gasteiger partial charge in [0, 0.05) is 18.9 Å². The van der Waals surface area contributed by atoms with E-state index in [1.807, 2.05) is 28.8 Å². The number of nitrogens with zero attached hydrogens (tertiary/aromatic N) is 2. The van der Waals surface area contributed by atoms with E-state index in [9.17, 15) is 4.79 Å². The third kappa shape index (κ3) is 3.96. The first-order valence-electron chi connectivity index (χ1n) is 8.39. The summed E-state index contributed by atoms with van der Waals surface area (Å²) in [6.45, 7) is 5.81. The van der Waals surface area contributed by atoms with Crippen molar-refractivity contribution in [2.45, 2.75) is 50.9 Å². The van der Waals surface area contributed by atoms with Crippen LogP contribution in [0.1, 0.15) is 33.1 Å². The topological polar surface area (TPSA) is 44.1 Å². The molecule has 1 aliphatic heterocycles. The Hall–Kier alpha value is -1.33. The van der Waals surface area contributed by atoms with Gasteiger partial charge in [0.25, 0.3) is 5.56 Å². The first kappa shape index (κ1) is 16.5. The molecule has 0 bridgehead atoms. The quantitative estimate of drug-likeness (QED) is 0.618. The molecule has 2 aromatic rings. The fraction of sp³-hybridized carbons (Fsp3) is 0.556. The van der Waals surface area contributed by atoms with Gasteiger partial charge in [0.1, 0.15) is 0 Å². The summed E-state index contributed by atoms with van der Waals surface area (Å²) in [5.74, 6) is 1.27. The Morgan fingerprint density at radius 3 is 2.91 bits per heavy atom. The minimum absolute atomic E-state index is 0.0661. The highest BCUT2D eigenvalue weighted by Gasteiger charge is 2.17. The van der Waals surface area contributed by atoms with Crippen LogP contribution in [-0.4, -0.2) is 28.0 Å². The van der Waals surface area contributed by atoms with E-state index in [4.69, 9.17) is 9.72 Å². The van der Waals surface area contributed by atoms with Gasteiger partial charge in [0.05, 0.1) is 17.0 Å². The Morgan fingerprint density at radius 2 is 2.17 bits per heavy atom. The highest BCUT2D eigenvalue weighted by molar-refractivity contribution is 7.99. The second-order valence-electron chi connectivity index (χ2n) is 6.52. The molecule has 1 aromatic heterocycles. The van der Waals surface area contributed by atoms with Crippen molar-refractivity contribution in [1.82, 2.24) is 9.55 Å². The van der Waals surface area contributed by atoms with Crippen LogP contribution in [0, 0.1) is 5.92 Å². The van der Waals surface area contributed by atoms with Crippen molar-refractivity contribution < 1.29 is 4.74 Å². The van der Waals surface area contributed by atoms with Gasteiger partial charge in [0.15, 0.2) is 5.16 Å². The number of hydrogen-bond acceptors (Lipinski definition) is 4. The zero-order chi connectivity index (χ0) is 16.2. The van der Waals surface area contributed by atoms with Crippen LogP contribution in [0.5, 0.6) is 0 Å². The number of fused-ring (bicyclic) bond motifs is 1. The van der Waals surface area contributed by atoms with E-state index in [-0.39, 0.29) is 11.7 Å². The number of benzene rings is 1. The molecule has 5 heteroatoms. The first-order chi connectivity index (χ1) is 11.1. The molecule has 1 saturated heterocycles. The van der Waals surface area contributed by atoms with Gasteiger partial charge in [-0.15, -0.1) is 0 Å². The summed E-state index contributed by atoms with van der Waals surface area (Å²) in [6, 6.07) is 7.60. The number of rotatable bonds is 5. The molecule has 1 fully saturated rings. The fourth-order valence-electron chi connectivity index (χ4n) is 2.89. The minimum atomic E-state index is 0.0661. The lowest BCUT2D eigenvalue weighted by Gasteiger charge is -2.22. The van der Waals surface area contributed by atoms with E-state index in [1.54, 1.807) is 11.8 Å². The SMILES string of the molecule is CC(C)Cn1c(SC[C@@H]2CCCCO2)nc2ccccc2c1=O. The van der Waals surface area contributed by atoms with Gasteiger partial charge in [-0.25, -0.2) is 4.98 Å². The lowest BCUT2D eigenvalue weighted by atomic mass is 10.1. The second kappa shape index (κ2) is 7.49. The van der Waals surface area contributed by atoms with Gasteiger partial charge in [-0.3, -0.25) is 9.36 Å². The van der Waals surface area contributed by atoms with Gasteiger partial charge in [-0.05, 0) is 37.3 Å². The maximum Gasteiger partial charge on any atom is 0.262 e. The lowest BCUT2D eigenvalue weighted by Crippen LogP contribution is -2.27. The molecule has 2 heterocycles. The standard InChI is InChI=1S/C18H24N2O2S/c1-13(2)11-20-17(21)15-8-3-4-9-16(15)19-18(20)23-12-14-7-5-6-10-22-14/h3-4,8-9,13-14H,5-7,10-12H2,1-2H3/t14-/m0/s1. The molecule has 1 atom stereocenters. The van der Waals surface area contributed by atoms with Crippen LogP contribution in [0.15, 0.2) is 34.2 Å². The smallest absolute Gasteiger partial charge is 0.262 e. The van der Waals surface area contributed by atoms with Gasteiger partial charge >= 0.3 is 0 Å². The molecule has 0 spiro atoms. The summed E-state index contributed by atoms with van der Waals surface area (Å²) >= 11 is 1.65. The molecule has 23 heavy (non-hydrogen) atoms. The molecule has 124 valence electrons. The van der Waals surface area contributed by atoms with Gasteiger partial charge in [0.2, 0.25) is 0 Å². The summed E-state index contributed by atoms with van der Waals surface area (Å²) in [7, 11) is 0. The van der Waals surface area contributed by atoms with Crippen molar-refractivity contribution >= 4 is 22.7 Å². The third-order valence-electron chi connectivity index (χ3n) is 4.05. The maximum absolute atomic E-state index is 12.8. The van der Waals surface area contributed by atoms with Crippen molar-refractivity contribution in [1.29, 1.82) is 0 Å². The third-order valence-corrected chi connectivity index (χ3v) is 5.15. The highest BCUT2D eigenvalue weighted by atomic mass is 32.2. The van der Waals surface area contributed by atoms with Crippen molar-refractivity contribution in [3.05, 3.63) is 34.6 Å². The molecule has 0 amide bonds. The molecule has 3 rings (SSSR count). The summed E-state index contributed by atoms with van der Waals surface area (Å²) in [5, 5.41) is 1.52. The highest BCUT2D eigenvalue weighted by Crippen LogP contribution is 2.23. The van der Waals surface area contributed by atoms with Crippen LogP contribution in [-0.2, 0) is 11.3 Å². The van der Waals surface area contributed by atoms with Crippen molar-refractivity contribution in [2.75, 3.05) is 12.4 Å². The number of ether oxygens (including phenoxy) is 1. The number of thioether (sulfide) groups is 1. The van der Waals surface area contributed by atoms with Gasteiger partial charge < -0.3 is 4.74 Å². The Morgan fingerprint density at radius 1 is 1.35 bits per heavy atom. The van der Waals surface area contributed by atoms with Crippen LogP contribution in [0.4, 0.5) is 0 Å². The van der Waals surface area contributed by atoms with E-state index in [1.165, 1.54) is 6.42 Å². The zero-order valence-electron chi connectivity index (χ0n) is 13.8. The van der Waals surface area contributed by atoms with Gasteiger partial charge in [-0.1, -0.05) is 37.7 Å². The van der Waals surface area contributed by atoms with Crippen LogP contribution in [0.3, 0.4) is 0 Å². The van der Waals surface area contributed by atoms with E-state index < -0.39 is 0 Å². The number of para-hydroxylation sites is 1. The number of aromatic nitrogens is 2. The minimum Gasteiger partial charge on any atom is -0.377 e. The van der Waals surface area contributed by atoms with Crippen LogP contribution >= 0.6 is 11.8 Å². The summed E-state index contributed by atoms with van der Waals surface area (Å²) < 4.78 is 7.64. The average Bonchev–Trinajstić information content (AvgIpc) is 2.56. The Bertz CT molecular complexity index is 721. The molecular weight excluding hydrogens is 308 g/mol. The molecule has 0 N–H and O–H groups in total. The van der Waals surface area contributed by atoms with Crippen LogP contribution in [0.25, 0.3) is 10.9 Å². The van der Waals surface area contributed by atoms with E-state index in [0.29, 0.717) is 17.8 Å².